The van der Waals surface area contributed by atoms with Crippen molar-refractivity contribution < 1.29 is 9.53 Å². The molecule has 0 heterocycles. The van der Waals surface area contributed by atoms with Crippen molar-refractivity contribution in [2.24, 2.45) is 0 Å². The lowest BCUT2D eigenvalue weighted by atomic mass is 10.2. The quantitative estimate of drug-likeness (QED) is 0.606. The molecule has 0 amide bonds. The van der Waals surface area contributed by atoms with Crippen LogP contribution in [0.3, 0.4) is 0 Å². The summed E-state index contributed by atoms with van der Waals surface area (Å²) >= 11 is 0. The van der Waals surface area contributed by atoms with Gasteiger partial charge in [-0.25, -0.2) is 4.79 Å². The smallest absolute Gasteiger partial charge is 0.332 e. The second-order valence-corrected chi connectivity index (χ2v) is 3.04. The Labute approximate surface area is 89.8 Å². The zero-order chi connectivity index (χ0) is 11.1. The van der Waals surface area contributed by atoms with Crippen LogP contribution in [-0.4, -0.2) is 13.1 Å². The molecule has 0 saturated heterocycles. The van der Waals surface area contributed by atoms with Crippen molar-refractivity contribution in [2.75, 3.05) is 12.4 Å². The van der Waals surface area contributed by atoms with Crippen LogP contribution < -0.4 is 5.32 Å². The Hall–Kier alpha value is -1.77. The Morgan fingerprint density at radius 1 is 1.40 bits per heavy atom. The lowest BCUT2D eigenvalue weighted by Crippen LogP contribution is -2.03. The van der Waals surface area contributed by atoms with Crippen LogP contribution in [0, 0.1) is 0 Å². The fourth-order valence-corrected chi connectivity index (χ4v) is 1.13. The van der Waals surface area contributed by atoms with Crippen LogP contribution in [0.5, 0.6) is 0 Å². The molecule has 0 aromatic heterocycles. The number of nitrogens with one attached hydrogen (secondary N) is 1. The third-order valence-corrected chi connectivity index (χ3v) is 1.95. The fraction of sp³-hybridized carbons (Fsp3) is 0.250. The second-order valence-electron chi connectivity index (χ2n) is 3.04. The van der Waals surface area contributed by atoms with Gasteiger partial charge >= 0.3 is 5.97 Å². The maximum Gasteiger partial charge on any atom is 0.332 e. The SMILES string of the molecule is CC/C(=C/C(=O)OC)Nc1ccccc1. The fourth-order valence-electron chi connectivity index (χ4n) is 1.13. The molecule has 1 aromatic rings. The van der Waals surface area contributed by atoms with Gasteiger partial charge in [0.25, 0.3) is 0 Å². The number of rotatable bonds is 4. The molecule has 3 nitrogen and oxygen atoms in total. The van der Waals surface area contributed by atoms with Crippen molar-refractivity contribution in [1.29, 1.82) is 0 Å². The maximum atomic E-state index is 11.0. The number of hydrogen-bond acceptors (Lipinski definition) is 3. The number of anilines is 1. The number of methoxy groups -OCH3 is 1. The molecule has 0 saturated carbocycles. The van der Waals surface area contributed by atoms with E-state index in [9.17, 15) is 4.79 Å². The van der Waals surface area contributed by atoms with E-state index >= 15 is 0 Å². The normalized spacial score (nSPS) is 10.9. The standard InChI is InChI=1S/C12H15NO2/c1-3-10(9-12(14)15-2)13-11-7-5-4-6-8-11/h4-9,13H,3H2,1-2H3/b10-9-. The Kier molecular flexibility index (Phi) is 4.41. The molecule has 1 rings (SSSR count). The van der Waals surface area contributed by atoms with Crippen LogP contribution in [-0.2, 0) is 9.53 Å². The summed E-state index contributed by atoms with van der Waals surface area (Å²) in [6.07, 6.45) is 2.22. The van der Waals surface area contributed by atoms with Crippen LogP contribution in [0.4, 0.5) is 5.69 Å². The summed E-state index contributed by atoms with van der Waals surface area (Å²) in [5.74, 6) is -0.338. The number of carbonyl (C=O) groups is 1. The largest absolute Gasteiger partial charge is 0.466 e. The monoisotopic (exact) mass is 205 g/mol. The molecule has 0 atom stereocenters. The third-order valence-electron chi connectivity index (χ3n) is 1.95. The predicted octanol–water partition coefficient (Wildman–Crippen LogP) is 2.57. The van der Waals surface area contributed by atoms with Crippen molar-refractivity contribution >= 4 is 11.7 Å². The van der Waals surface area contributed by atoms with Crippen molar-refractivity contribution in [1.82, 2.24) is 0 Å². The topological polar surface area (TPSA) is 38.3 Å². The molecular weight excluding hydrogens is 190 g/mol. The molecule has 0 fully saturated rings. The van der Waals surface area contributed by atoms with Crippen molar-refractivity contribution in [2.45, 2.75) is 13.3 Å². The molecular formula is C12H15NO2. The molecule has 0 aliphatic rings. The summed E-state index contributed by atoms with van der Waals surface area (Å²) in [4.78, 5) is 11.0. The number of ether oxygens (including phenoxy) is 1. The highest BCUT2D eigenvalue weighted by Gasteiger charge is 1.99. The molecule has 0 aliphatic carbocycles. The molecule has 0 radical (unpaired) electrons. The van der Waals surface area contributed by atoms with Crippen LogP contribution in [0.1, 0.15) is 13.3 Å². The first kappa shape index (κ1) is 11.3. The van der Waals surface area contributed by atoms with Gasteiger partial charge in [-0.3, -0.25) is 0 Å². The van der Waals surface area contributed by atoms with E-state index in [1.807, 2.05) is 37.3 Å². The molecule has 3 heteroatoms. The summed E-state index contributed by atoms with van der Waals surface area (Å²) in [6, 6.07) is 9.71. The average molecular weight is 205 g/mol. The molecule has 0 bridgehead atoms. The summed E-state index contributed by atoms with van der Waals surface area (Å²) in [5.41, 5.74) is 1.81. The van der Waals surface area contributed by atoms with Crippen molar-refractivity contribution in [3.05, 3.63) is 42.1 Å². The highest BCUT2D eigenvalue weighted by atomic mass is 16.5. The predicted molar refractivity (Wildman–Crippen MR) is 60.5 cm³/mol. The van der Waals surface area contributed by atoms with E-state index < -0.39 is 0 Å². The average Bonchev–Trinajstić information content (AvgIpc) is 2.29. The van der Waals surface area contributed by atoms with Crippen LogP contribution in [0.2, 0.25) is 0 Å². The minimum absolute atomic E-state index is 0.338. The van der Waals surface area contributed by atoms with E-state index in [1.54, 1.807) is 0 Å². The van der Waals surface area contributed by atoms with Crippen LogP contribution in [0.25, 0.3) is 0 Å². The number of esters is 1. The van der Waals surface area contributed by atoms with E-state index in [0.29, 0.717) is 0 Å². The first-order chi connectivity index (χ1) is 7.26. The Balaban J connectivity index is 2.70. The highest BCUT2D eigenvalue weighted by molar-refractivity contribution is 5.83. The van der Waals surface area contributed by atoms with Gasteiger partial charge in [0.1, 0.15) is 0 Å². The van der Waals surface area contributed by atoms with Crippen molar-refractivity contribution in [3.8, 4) is 0 Å². The van der Waals surface area contributed by atoms with E-state index in [2.05, 4.69) is 10.1 Å². The number of para-hydroxylation sites is 1. The second kappa shape index (κ2) is 5.86. The first-order valence-electron chi connectivity index (χ1n) is 4.87. The van der Waals surface area contributed by atoms with Gasteiger partial charge in [-0.2, -0.15) is 0 Å². The zero-order valence-corrected chi connectivity index (χ0v) is 8.99. The van der Waals surface area contributed by atoms with E-state index in [-0.39, 0.29) is 5.97 Å². The van der Waals surface area contributed by atoms with Crippen LogP contribution >= 0.6 is 0 Å². The summed E-state index contributed by atoms with van der Waals surface area (Å²) < 4.78 is 4.56. The minimum atomic E-state index is -0.338. The van der Waals surface area contributed by atoms with Gasteiger partial charge in [-0.15, -0.1) is 0 Å². The molecule has 1 N–H and O–H groups in total. The molecule has 0 unspecified atom stereocenters. The molecule has 15 heavy (non-hydrogen) atoms. The van der Waals surface area contributed by atoms with Gasteiger partial charge in [0.15, 0.2) is 0 Å². The zero-order valence-electron chi connectivity index (χ0n) is 8.99. The van der Waals surface area contributed by atoms with Crippen LogP contribution in [0.15, 0.2) is 42.1 Å². The number of allylic oxidation sites excluding steroid dienone is 1. The lowest BCUT2D eigenvalue weighted by molar-refractivity contribution is -0.134. The lowest BCUT2D eigenvalue weighted by Gasteiger charge is -2.08. The summed E-state index contributed by atoms with van der Waals surface area (Å²) in [5, 5.41) is 3.15. The minimum Gasteiger partial charge on any atom is -0.466 e. The number of hydrogen-bond donors (Lipinski definition) is 1. The number of benzene rings is 1. The maximum absolute atomic E-state index is 11.0. The van der Waals surface area contributed by atoms with Gasteiger partial charge in [-0.1, -0.05) is 25.1 Å². The van der Waals surface area contributed by atoms with Gasteiger partial charge in [-0.05, 0) is 18.6 Å². The van der Waals surface area contributed by atoms with Crippen molar-refractivity contribution in [3.63, 3.8) is 0 Å². The summed E-state index contributed by atoms with van der Waals surface area (Å²) in [6.45, 7) is 1.98. The Morgan fingerprint density at radius 3 is 2.60 bits per heavy atom. The van der Waals surface area contributed by atoms with E-state index in [0.717, 1.165) is 17.8 Å². The van der Waals surface area contributed by atoms with Gasteiger partial charge in [0, 0.05) is 17.5 Å². The molecule has 0 aliphatic heterocycles. The van der Waals surface area contributed by atoms with Gasteiger partial charge < -0.3 is 10.1 Å². The highest BCUT2D eigenvalue weighted by Crippen LogP contribution is 2.10. The Morgan fingerprint density at radius 2 is 2.07 bits per heavy atom. The van der Waals surface area contributed by atoms with E-state index in [1.165, 1.54) is 13.2 Å². The van der Waals surface area contributed by atoms with E-state index in [4.69, 9.17) is 0 Å². The van der Waals surface area contributed by atoms with Gasteiger partial charge in [0.05, 0.1) is 7.11 Å². The molecule has 1 aromatic carbocycles. The summed E-state index contributed by atoms with van der Waals surface area (Å²) in [7, 11) is 1.37. The molecule has 0 spiro atoms. The third kappa shape index (κ3) is 3.85. The Bertz CT molecular complexity index is 344. The molecule has 80 valence electrons. The number of carbonyl (C=O) groups excluding carboxylic acids is 1. The first-order valence-corrected chi connectivity index (χ1v) is 4.87. The van der Waals surface area contributed by atoms with Gasteiger partial charge in [0.2, 0.25) is 0 Å².